The van der Waals surface area contributed by atoms with Crippen molar-refractivity contribution in [3.05, 3.63) is 11.9 Å². The van der Waals surface area contributed by atoms with Crippen LogP contribution in [-0.2, 0) is 0 Å². The van der Waals surface area contributed by atoms with Crippen LogP contribution in [0.1, 0.15) is 45.6 Å². The highest BCUT2D eigenvalue weighted by Crippen LogP contribution is 2.51. The molecule has 0 aromatic carbocycles. The normalized spacial score (nSPS) is 16.5. The van der Waals surface area contributed by atoms with E-state index in [4.69, 9.17) is 0 Å². The van der Waals surface area contributed by atoms with Gasteiger partial charge in [0.15, 0.2) is 0 Å². The van der Waals surface area contributed by atoms with Crippen LogP contribution in [0.25, 0.3) is 0 Å². The fraction of sp³-hybridized carbons (Fsp3) is 0.733. The first-order valence-electron chi connectivity index (χ1n) is 7.38. The topological polar surface area (TPSA) is 49.8 Å². The highest BCUT2D eigenvalue weighted by molar-refractivity contribution is 5.56. The van der Waals surface area contributed by atoms with Gasteiger partial charge in [-0.3, -0.25) is 0 Å². The van der Waals surface area contributed by atoms with Crippen molar-refractivity contribution in [2.24, 2.45) is 11.3 Å². The van der Waals surface area contributed by atoms with Gasteiger partial charge in [-0.15, -0.1) is 0 Å². The molecule has 1 aliphatic carbocycles. The van der Waals surface area contributed by atoms with Gasteiger partial charge in [-0.2, -0.15) is 0 Å². The van der Waals surface area contributed by atoms with Crippen molar-refractivity contribution in [2.75, 3.05) is 23.7 Å². The Morgan fingerprint density at radius 3 is 2.37 bits per heavy atom. The molecule has 1 aromatic rings. The first-order valence-corrected chi connectivity index (χ1v) is 7.38. The third-order valence-electron chi connectivity index (χ3n) is 4.35. The number of aromatic nitrogens is 2. The zero-order chi connectivity index (χ0) is 13.9. The number of hydrogen-bond donors (Lipinski definition) is 2. The fourth-order valence-corrected chi connectivity index (χ4v) is 2.43. The summed E-state index contributed by atoms with van der Waals surface area (Å²) in [6, 6.07) is 0. The summed E-state index contributed by atoms with van der Waals surface area (Å²) in [6.45, 7) is 10.8. The second-order valence-electron chi connectivity index (χ2n) is 5.99. The molecule has 2 rings (SSSR count). The van der Waals surface area contributed by atoms with E-state index in [1.807, 2.05) is 0 Å². The number of rotatable bonds is 7. The van der Waals surface area contributed by atoms with Gasteiger partial charge < -0.3 is 10.6 Å². The second kappa shape index (κ2) is 5.76. The highest BCUT2D eigenvalue weighted by atomic mass is 15.1. The van der Waals surface area contributed by atoms with Crippen LogP contribution in [0.2, 0.25) is 0 Å². The molecule has 0 spiro atoms. The molecule has 2 N–H and O–H groups in total. The molecule has 1 heterocycles. The lowest BCUT2D eigenvalue weighted by Crippen LogP contribution is -2.22. The molecule has 1 aromatic heterocycles. The van der Waals surface area contributed by atoms with E-state index in [-0.39, 0.29) is 0 Å². The molecule has 0 saturated heterocycles. The van der Waals surface area contributed by atoms with E-state index >= 15 is 0 Å². The average molecular weight is 262 g/mol. The Bertz CT molecular complexity index is 424. The number of nitrogens with one attached hydrogen (secondary N) is 2. The maximum absolute atomic E-state index is 4.37. The van der Waals surface area contributed by atoms with Crippen LogP contribution in [0.15, 0.2) is 6.33 Å². The molecule has 0 bridgehead atoms. The molecular formula is C15H26N4. The molecule has 4 heteroatoms. The van der Waals surface area contributed by atoms with Crippen LogP contribution in [0.3, 0.4) is 0 Å². The largest absolute Gasteiger partial charge is 0.370 e. The molecular weight excluding hydrogens is 236 g/mol. The van der Waals surface area contributed by atoms with E-state index in [1.165, 1.54) is 12.8 Å². The number of hydrogen-bond acceptors (Lipinski definition) is 4. The maximum Gasteiger partial charge on any atom is 0.134 e. The van der Waals surface area contributed by atoms with Crippen LogP contribution >= 0.6 is 0 Å². The van der Waals surface area contributed by atoms with Gasteiger partial charge in [-0.25, -0.2) is 9.97 Å². The van der Waals surface area contributed by atoms with E-state index in [0.717, 1.165) is 42.6 Å². The Kier molecular flexibility index (Phi) is 4.27. The highest BCUT2D eigenvalue weighted by Gasteiger charge is 2.45. The first kappa shape index (κ1) is 14.1. The average Bonchev–Trinajstić information content (AvgIpc) is 3.17. The van der Waals surface area contributed by atoms with Crippen LogP contribution in [-0.4, -0.2) is 23.1 Å². The van der Waals surface area contributed by atoms with Gasteiger partial charge in [-0.05, 0) is 37.5 Å². The minimum atomic E-state index is 0.494. The lowest BCUT2D eigenvalue weighted by atomic mass is 9.92. The Balaban J connectivity index is 2.00. The van der Waals surface area contributed by atoms with Crippen molar-refractivity contribution in [2.45, 2.75) is 47.0 Å². The van der Waals surface area contributed by atoms with Crippen molar-refractivity contribution in [3.63, 3.8) is 0 Å². The van der Waals surface area contributed by atoms with Gasteiger partial charge in [0.25, 0.3) is 0 Å². The van der Waals surface area contributed by atoms with Crippen molar-refractivity contribution >= 4 is 11.6 Å². The zero-order valence-electron chi connectivity index (χ0n) is 12.6. The summed E-state index contributed by atoms with van der Waals surface area (Å²) < 4.78 is 0. The van der Waals surface area contributed by atoms with E-state index in [1.54, 1.807) is 6.33 Å². The van der Waals surface area contributed by atoms with Gasteiger partial charge in [0.05, 0.1) is 0 Å². The lowest BCUT2D eigenvalue weighted by molar-refractivity contribution is 0.380. The van der Waals surface area contributed by atoms with E-state index in [0.29, 0.717) is 5.41 Å². The molecule has 0 unspecified atom stereocenters. The third kappa shape index (κ3) is 3.17. The minimum absolute atomic E-state index is 0.494. The summed E-state index contributed by atoms with van der Waals surface area (Å²) in [5.41, 5.74) is 1.62. The molecule has 1 fully saturated rings. The van der Waals surface area contributed by atoms with Gasteiger partial charge in [-0.1, -0.05) is 20.8 Å². The molecule has 0 radical (unpaired) electrons. The second-order valence-corrected chi connectivity index (χ2v) is 5.99. The van der Waals surface area contributed by atoms with Gasteiger partial charge in [0.2, 0.25) is 0 Å². The van der Waals surface area contributed by atoms with Crippen molar-refractivity contribution < 1.29 is 0 Å². The summed E-state index contributed by atoms with van der Waals surface area (Å²) in [5, 5.41) is 6.87. The fourth-order valence-electron chi connectivity index (χ4n) is 2.43. The summed E-state index contributed by atoms with van der Waals surface area (Å²) in [5.74, 6) is 2.66. The van der Waals surface area contributed by atoms with E-state index in [9.17, 15) is 0 Å². The van der Waals surface area contributed by atoms with Crippen LogP contribution < -0.4 is 10.6 Å². The predicted molar refractivity (Wildman–Crippen MR) is 80.5 cm³/mol. The van der Waals surface area contributed by atoms with Crippen LogP contribution in [0, 0.1) is 18.3 Å². The minimum Gasteiger partial charge on any atom is -0.370 e. The van der Waals surface area contributed by atoms with Crippen LogP contribution in [0.4, 0.5) is 11.6 Å². The Morgan fingerprint density at radius 2 is 1.84 bits per heavy atom. The third-order valence-corrected chi connectivity index (χ3v) is 4.35. The Morgan fingerprint density at radius 1 is 1.21 bits per heavy atom. The van der Waals surface area contributed by atoms with Gasteiger partial charge in [0.1, 0.15) is 18.0 Å². The monoisotopic (exact) mass is 262 g/mol. The van der Waals surface area contributed by atoms with Gasteiger partial charge in [0, 0.05) is 18.7 Å². The van der Waals surface area contributed by atoms with E-state index in [2.05, 4.69) is 48.3 Å². The van der Waals surface area contributed by atoms with Crippen molar-refractivity contribution in [3.8, 4) is 0 Å². The SMILES string of the molecule is CCCNc1ncnc(NCC2(C(C)C)CC2)c1C. The summed E-state index contributed by atoms with van der Waals surface area (Å²) >= 11 is 0. The molecule has 1 saturated carbocycles. The molecule has 1 aliphatic rings. The molecule has 0 atom stereocenters. The quantitative estimate of drug-likeness (QED) is 0.790. The van der Waals surface area contributed by atoms with Gasteiger partial charge >= 0.3 is 0 Å². The van der Waals surface area contributed by atoms with Crippen molar-refractivity contribution in [1.29, 1.82) is 0 Å². The van der Waals surface area contributed by atoms with Crippen LogP contribution in [0.5, 0.6) is 0 Å². The summed E-state index contributed by atoms with van der Waals surface area (Å²) in [6.07, 6.45) is 5.41. The molecule has 0 aliphatic heterocycles. The Hall–Kier alpha value is -1.32. The molecule has 4 nitrogen and oxygen atoms in total. The molecule has 106 valence electrons. The Labute approximate surface area is 116 Å². The standard InChI is InChI=1S/C15H26N4/c1-5-8-16-13-12(4)14(19-10-18-13)17-9-15(6-7-15)11(2)3/h10-11H,5-9H2,1-4H3,(H2,16,17,18,19). The number of anilines is 2. The lowest BCUT2D eigenvalue weighted by Gasteiger charge is -2.21. The summed E-state index contributed by atoms with van der Waals surface area (Å²) in [4.78, 5) is 8.68. The first-order chi connectivity index (χ1) is 9.09. The maximum atomic E-state index is 4.37. The smallest absolute Gasteiger partial charge is 0.134 e. The zero-order valence-corrected chi connectivity index (χ0v) is 12.6. The molecule has 0 amide bonds. The summed E-state index contributed by atoms with van der Waals surface area (Å²) in [7, 11) is 0. The molecule has 19 heavy (non-hydrogen) atoms. The number of nitrogens with zero attached hydrogens (tertiary/aromatic N) is 2. The predicted octanol–water partition coefficient (Wildman–Crippen LogP) is 3.46. The van der Waals surface area contributed by atoms with E-state index < -0.39 is 0 Å². The van der Waals surface area contributed by atoms with Crippen molar-refractivity contribution in [1.82, 2.24) is 9.97 Å².